The second kappa shape index (κ2) is 10.1. The highest BCUT2D eigenvalue weighted by Gasteiger charge is 2.35. The molecule has 9 heteroatoms. The number of hydrogen-bond acceptors (Lipinski definition) is 4. The lowest BCUT2D eigenvalue weighted by Crippen LogP contribution is -2.29. The maximum absolute atomic E-state index is 12.6. The van der Waals surface area contributed by atoms with Crippen molar-refractivity contribution in [3.05, 3.63) is 54.1 Å². The molecular formula is C28H33F3N4O2. The van der Waals surface area contributed by atoms with E-state index in [0.717, 1.165) is 35.9 Å². The van der Waals surface area contributed by atoms with Crippen molar-refractivity contribution < 1.29 is 22.7 Å². The Hall–Kier alpha value is -3.49. The summed E-state index contributed by atoms with van der Waals surface area (Å²) in [6, 6.07) is 11.8. The normalized spacial score (nSPS) is 19.8. The number of carbonyl (C=O) groups excluding carboxylic acids is 1. The van der Waals surface area contributed by atoms with Crippen LogP contribution in [-0.2, 0) is 4.79 Å². The molecule has 6 nitrogen and oxygen atoms in total. The number of rotatable bonds is 6. The Bertz CT molecular complexity index is 1290. The zero-order valence-corrected chi connectivity index (χ0v) is 21.8. The van der Waals surface area contributed by atoms with Gasteiger partial charge in [0, 0.05) is 31.9 Å². The van der Waals surface area contributed by atoms with E-state index in [1.54, 1.807) is 32.3 Å². The first-order chi connectivity index (χ1) is 17.3. The van der Waals surface area contributed by atoms with E-state index in [1.165, 1.54) is 23.1 Å². The number of nitrogens with one attached hydrogen (secondary N) is 1. The van der Waals surface area contributed by atoms with Gasteiger partial charge >= 0.3 is 6.36 Å². The summed E-state index contributed by atoms with van der Waals surface area (Å²) in [4.78, 5) is 18.4. The molecule has 3 aromatic rings. The van der Waals surface area contributed by atoms with E-state index in [9.17, 15) is 18.0 Å². The van der Waals surface area contributed by atoms with Crippen molar-refractivity contribution >= 4 is 34.7 Å². The van der Waals surface area contributed by atoms with Crippen molar-refractivity contribution in [2.45, 2.75) is 52.4 Å². The summed E-state index contributed by atoms with van der Waals surface area (Å²) in [7, 11) is 3.40. The molecule has 1 N–H and O–H groups in total. The number of amides is 1. The fourth-order valence-corrected chi connectivity index (χ4v) is 5.36. The summed E-state index contributed by atoms with van der Waals surface area (Å²) < 4.78 is 43.9. The summed E-state index contributed by atoms with van der Waals surface area (Å²) >= 11 is 0. The highest BCUT2D eigenvalue weighted by atomic mass is 19.4. The molecular weight excluding hydrogens is 481 g/mol. The SMILES string of the molecule is CC1CC(n2c(Nc3ccc(OC(F)(F)F)cc3)nc3cc(C=CC(=O)N(C)C)ccc32)CC(C)(C)C1. The Morgan fingerprint density at radius 2 is 1.86 bits per heavy atom. The Kier molecular flexibility index (Phi) is 7.26. The molecule has 1 heterocycles. The fourth-order valence-electron chi connectivity index (χ4n) is 5.36. The van der Waals surface area contributed by atoms with Gasteiger partial charge in [-0.2, -0.15) is 0 Å². The predicted octanol–water partition coefficient (Wildman–Crippen LogP) is 7.17. The van der Waals surface area contributed by atoms with Crippen LogP contribution in [0, 0.1) is 11.3 Å². The largest absolute Gasteiger partial charge is 0.573 e. The van der Waals surface area contributed by atoms with Crippen LogP contribution in [0.2, 0.25) is 0 Å². The molecule has 2 atom stereocenters. The van der Waals surface area contributed by atoms with Gasteiger partial charge in [0.15, 0.2) is 0 Å². The molecule has 2 unspecified atom stereocenters. The molecule has 1 aliphatic rings. The summed E-state index contributed by atoms with van der Waals surface area (Å²) in [5.74, 6) is 0.777. The zero-order valence-electron chi connectivity index (χ0n) is 21.8. The van der Waals surface area contributed by atoms with Gasteiger partial charge in [-0.3, -0.25) is 4.79 Å². The number of aromatic nitrogens is 2. The van der Waals surface area contributed by atoms with E-state index in [2.05, 4.69) is 35.4 Å². The lowest BCUT2D eigenvalue weighted by Gasteiger charge is -2.40. The fraction of sp³-hybridized carbons (Fsp3) is 0.429. The van der Waals surface area contributed by atoms with Crippen molar-refractivity contribution in [2.75, 3.05) is 19.4 Å². The molecule has 1 aromatic heterocycles. The molecule has 0 radical (unpaired) electrons. The Balaban J connectivity index is 1.71. The number of alkyl halides is 3. The van der Waals surface area contributed by atoms with Gasteiger partial charge < -0.3 is 19.5 Å². The molecule has 198 valence electrons. The van der Waals surface area contributed by atoms with Crippen molar-refractivity contribution in [1.29, 1.82) is 0 Å². The van der Waals surface area contributed by atoms with E-state index in [4.69, 9.17) is 4.98 Å². The molecule has 2 aromatic carbocycles. The highest BCUT2D eigenvalue weighted by Crippen LogP contribution is 2.46. The molecule has 0 spiro atoms. The van der Waals surface area contributed by atoms with Gasteiger partial charge in [0.1, 0.15) is 5.75 Å². The molecule has 1 amide bonds. The van der Waals surface area contributed by atoms with Gasteiger partial charge in [-0.05, 0) is 78.6 Å². The predicted molar refractivity (Wildman–Crippen MR) is 140 cm³/mol. The van der Waals surface area contributed by atoms with Gasteiger partial charge in [-0.25, -0.2) is 4.98 Å². The molecule has 0 saturated heterocycles. The van der Waals surface area contributed by atoms with Crippen LogP contribution in [0.4, 0.5) is 24.8 Å². The van der Waals surface area contributed by atoms with Crippen molar-refractivity contribution in [2.24, 2.45) is 11.3 Å². The number of benzene rings is 2. The Morgan fingerprint density at radius 3 is 2.49 bits per heavy atom. The minimum Gasteiger partial charge on any atom is -0.406 e. The molecule has 37 heavy (non-hydrogen) atoms. The van der Waals surface area contributed by atoms with Crippen LogP contribution >= 0.6 is 0 Å². The lowest BCUT2D eigenvalue weighted by molar-refractivity contribution is -0.274. The van der Waals surface area contributed by atoms with Crippen molar-refractivity contribution in [3.63, 3.8) is 0 Å². The zero-order chi connectivity index (χ0) is 27.0. The van der Waals surface area contributed by atoms with Crippen LogP contribution in [0.5, 0.6) is 5.75 Å². The topological polar surface area (TPSA) is 59.4 Å². The average Bonchev–Trinajstić information content (AvgIpc) is 3.13. The van der Waals surface area contributed by atoms with E-state index in [1.807, 2.05) is 18.2 Å². The smallest absolute Gasteiger partial charge is 0.406 e. The number of carbonyl (C=O) groups is 1. The number of imidazole rings is 1. The maximum atomic E-state index is 12.6. The first kappa shape index (κ1) is 26.6. The van der Waals surface area contributed by atoms with Crippen LogP contribution in [0.3, 0.4) is 0 Å². The van der Waals surface area contributed by atoms with Gasteiger partial charge in [0.2, 0.25) is 11.9 Å². The maximum Gasteiger partial charge on any atom is 0.573 e. The number of ether oxygens (including phenoxy) is 1. The van der Waals surface area contributed by atoms with E-state index in [0.29, 0.717) is 17.6 Å². The first-order valence-electron chi connectivity index (χ1n) is 12.3. The average molecular weight is 515 g/mol. The summed E-state index contributed by atoms with van der Waals surface area (Å²) in [5.41, 5.74) is 3.36. The molecule has 0 aliphatic heterocycles. The number of likely N-dealkylation sites (N-methyl/N-ethyl adjacent to an activating group) is 1. The van der Waals surface area contributed by atoms with E-state index in [-0.39, 0.29) is 23.1 Å². The van der Waals surface area contributed by atoms with Crippen LogP contribution in [-0.4, -0.2) is 40.8 Å². The lowest BCUT2D eigenvalue weighted by atomic mass is 9.70. The number of fused-ring (bicyclic) bond motifs is 1. The first-order valence-corrected chi connectivity index (χ1v) is 12.3. The highest BCUT2D eigenvalue weighted by molar-refractivity contribution is 5.92. The Labute approximate surface area is 215 Å². The van der Waals surface area contributed by atoms with Crippen LogP contribution in [0.1, 0.15) is 51.6 Å². The van der Waals surface area contributed by atoms with E-state index < -0.39 is 6.36 Å². The third kappa shape index (κ3) is 6.64. The second-order valence-corrected chi connectivity index (χ2v) is 10.9. The summed E-state index contributed by atoms with van der Waals surface area (Å²) in [5, 5.41) is 3.31. The van der Waals surface area contributed by atoms with E-state index >= 15 is 0 Å². The third-order valence-electron chi connectivity index (χ3n) is 6.65. The monoisotopic (exact) mass is 514 g/mol. The van der Waals surface area contributed by atoms with Crippen molar-refractivity contribution in [1.82, 2.24) is 14.5 Å². The number of halogens is 3. The van der Waals surface area contributed by atoms with Crippen LogP contribution < -0.4 is 10.1 Å². The minimum absolute atomic E-state index is 0.107. The molecule has 4 rings (SSSR count). The number of anilines is 2. The molecule has 1 aliphatic carbocycles. The quantitative estimate of drug-likeness (QED) is 0.355. The standard InChI is InChI=1S/C28H33F3N4O2/c1-18-14-21(17-27(2,3)16-18)35-24-12-6-19(7-13-25(36)34(4)5)15-23(24)33-26(35)32-20-8-10-22(11-9-20)37-28(29,30)31/h6-13,15,18,21H,14,16-17H2,1-5H3,(H,32,33). The van der Waals surface area contributed by atoms with Crippen molar-refractivity contribution in [3.8, 4) is 5.75 Å². The van der Waals surface area contributed by atoms with Gasteiger partial charge in [-0.1, -0.05) is 26.8 Å². The second-order valence-electron chi connectivity index (χ2n) is 10.9. The molecule has 1 saturated carbocycles. The number of hydrogen-bond donors (Lipinski definition) is 1. The van der Waals surface area contributed by atoms with Crippen LogP contribution in [0.15, 0.2) is 48.5 Å². The minimum atomic E-state index is -4.74. The summed E-state index contributed by atoms with van der Waals surface area (Å²) in [6.07, 6.45) is 1.67. The number of nitrogens with zero attached hydrogens (tertiary/aromatic N) is 3. The molecule has 0 bridgehead atoms. The Morgan fingerprint density at radius 1 is 1.16 bits per heavy atom. The van der Waals surface area contributed by atoms with Gasteiger partial charge in [0.05, 0.1) is 11.0 Å². The third-order valence-corrected chi connectivity index (χ3v) is 6.65. The van der Waals surface area contributed by atoms with Gasteiger partial charge in [0.25, 0.3) is 0 Å². The summed E-state index contributed by atoms with van der Waals surface area (Å²) in [6.45, 7) is 6.84. The van der Waals surface area contributed by atoms with Crippen LogP contribution in [0.25, 0.3) is 17.1 Å². The van der Waals surface area contributed by atoms with Gasteiger partial charge in [-0.15, -0.1) is 13.2 Å². The molecule has 1 fully saturated rings.